The second kappa shape index (κ2) is 8.39. The zero-order valence-electron chi connectivity index (χ0n) is 16.4. The van der Waals surface area contributed by atoms with E-state index >= 15 is 0 Å². The van der Waals surface area contributed by atoms with E-state index in [1.54, 1.807) is 30.3 Å². The molecule has 3 aromatic rings. The van der Waals surface area contributed by atoms with E-state index in [9.17, 15) is 9.59 Å². The lowest BCUT2D eigenvalue weighted by Gasteiger charge is -2.35. The summed E-state index contributed by atoms with van der Waals surface area (Å²) in [7, 11) is 0. The highest BCUT2D eigenvalue weighted by atomic mass is 35.5. The molecule has 0 saturated carbocycles. The van der Waals surface area contributed by atoms with Gasteiger partial charge >= 0.3 is 5.63 Å². The van der Waals surface area contributed by atoms with E-state index in [1.165, 1.54) is 0 Å². The number of nitrogens with zero attached hydrogens (tertiary/aromatic N) is 2. The summed E-state index contributed by atoms with van der Waals surface area (Å²) >= 11 is 5.91. The first-order valence-electron chi connectivity index (χ1n) is 9.86. The van der Waals surface area contributed by atoms with Gasteiger partial charge in [-0.1, -0.05) is 30.7 Å². The molecule has 1 amide bonds. The summed E-state index contributed by atoms with van der Waals surface area (Å²) in [5.41, 5.74) is 3.09. The molecule has 0 N–H and O–H groups in total. The van der Waals surface area contributed by atoms with Crippen LogP contribution in [0.25, 0.3) is 11.0 Å². The summed E-state index contributed by atoms with van der Waals surface area (Å²) in [6, 6.07) is 14.6. The Hall–Kier alpha value is -2.63. The average molecular weight is 411 g/mol. The van der Waals surface area contributed by atoms with Gasteiger partial charge in [0.25, 0.3) is 5.91 Å². The maximum atomic E-state index is 12.7. The second-order valence-electron chi connectivity index (χ2n) is 7.35. The Kier molecular flexibility index (Phi) is 5.69. The van der Waals surface area contributed by atoms with Crippen LogP contribution < -0.4 is 5.63 Å². The quantitative estimate of drug-likeness (QED) is 0.611. The fourth-order valence-electron chi connectivity index (χ4n) is 3.75. The Bertz CT molecular complexity index is 1080. The van der Waals surface area contributed by atoms with Gasteiger partial charge in [-0.3, -0.25) is 9.69 Å². The zero-order chi connectivity index (χ0) is 20.4. The van der Waals surface area contributed by atoms with Crippen molar-refractivity contribution in [1.82, 2.24) is 9.80 Å². The number of carbonyl (C=O) groups is 1. The van der Waals surface area contributed by atoms with Crippen LogP contribution in [-0.4, -0.2) is 41.9 Å². The van der Waals surface area contributed by atoms with Gasteiger partial charge in [-0.25, -0.2) is 4.79 Å². The number of hydrogen-bond donors (Lipinski definition) is 0. The zero-order valence-corrected chi connectivity index (χ0v) is 17.1. The van der Waals surface area contributed by atoms with Crippen LogP contribution in [0.15, 0.2) is 57.7 Å². The Morgan fingerprint density at radius 1 is 1.03 bits per heavy atom. The Labute approximate surface area is 174 Å². The number of benzene rings is 2. The lowest BCUT2D eigenvalue weighted by molar-refractivity contribution is 0.0629. The van der Waals surface area contributed by atoms with Gasteiger partial charge in [0.1, 0.15) is 5.58 Å². The average Bonchev–Trinajstić information content (AvgIpc) is 2.73. The molecule has 1 fully saturated rings. The number of fused-ring (bicyclic) bond motifs is 1. The molecule has 1 aromatic heterocycles. The lowest BCUT2D eigenvalue weighted by atomic mass is 10.1. The van der Waals surface area contributed by atoms with E-state index < -0.39 is 0 Å². The Morgan fingerprint density at radius 3 is 2.45 bits per heavy atom. The normalized spacial score (nSPS) is 15.0. The summed E-state index contributed by atoms with van der Waals surface area (Å²) in [5, 5.41) is 1.60. The fourth-order valence-corrected chi connectivity index (χ4v) is 3.88. The largest absolute Gasteiger partial charge is 0.423 e. The molecule has 0 atom stereocenters. The molecule has 6 heteroatoms. The standard InChI is InChI=1S/C23H23ClN2O3/c1-2-16-3-8-20-18(14-22(27)29-21(20)13-16)15-25-9-11-26(12-10-25)23(28)17-4-6-19(24)7-5-17/h3-8,13-14H,2,9-12,15H2,1H3. The van der Waals surface area contributed by atoms with Crippen molar-refractivity contribution in [1.29, 1.82) is 0 Å². The predicted octanol–water partition coefficient (Wildman–Crippen LogP) is 3.97. The minimum atomic E-state index is -0.322. The number of hydrogen-bond acceptors (Lipinski definition) is 4. The summed E-state index contributed by atoms with van der Waals surface area (Å²) < 4.78 is 5.40. The van der Waals surface area contributed by atoms with E-state index in [1.807, 2.05) is 17.0 Å². The second-order valence-corrected chi connectivity index (χ2v) is 7.79. The maximum absolute atomic E-state index is 12.7. The minimum absolute atomic E-state index is 0.0271. The van der Waals surface area contributed by atoms with Gasteiger partial charge in [-0.05, 0) is 47.9 Å². The van der Waals surface area contributed by atoms with Gasteiger partial charge in [-0.15, -0.1) is 0 Å². The van der Waals surface area contributed by atoms with Crippen molar-refractivity contribution in [3.8, 4) is 0 Å². The highest BCUT2D eigenvalue weighted by molar-refractivity contribution is 6.30. The summed E-state index contributed by atoms with van der Waals surface area (Å²) in [6.45, 7) is 5.56. The molecule has 5 nitrogen and oxygen atoms in total. The van der Waals surface area contributed by atoms with Crippen molar-refractivity contribution in [2.75, 3.05) is 26.2 Å². The van der Waals surface area contributed by atoms with Gasteiger partial charge in [-0.2, -0.15) is 0 Å². The lowest BCUT2D eigenvalue weighted by Crippen LogP contribution is -2.48. The van der Waals surface area contributed by atoms with E-state index in [2.05, 4.69) is 17.9 Å². The highest BCUT2D eigenvalue weighted by Crippen LogP contribution is 2.21. The van der Waals surface area contributed by atoms with E-state index in [0.717, 1.165) is 36.0 Å². The van der Waals surface area contributed by atoms with Gasteiger partial charge in [0.05, 0.1) is 0 Å². The van der Waals surface area contributed by atoms with Gasteiger partial charge in [0.2, 0.25) is 0 Å². The topological polar surface area (TPSA) is 53.8 Å². The summed E-state index contributed by atoms with van der Waals surface area (Å²) in [5.74, 6) is 0.0271. The molecule has 0 aliphatic carbocycles. The number of piperazine rings is 1. The molecular formula is C23H23ClN2O3. The van der Waals surface area contributed by atoms with Crippen molar-refractivity contribution in [3.63, 3.8) is 0 Å². The third-order valence-corrected chi connectivity index (χ3v) is 5.70. The number of carbonyl (C=O) groups excluding carboxylic acids is 1. The molecule has 1 aliphatic heterocycles. The van der Waals surface area contributed by atoms with Crippen molar-refractivity contribution < 1.29 is 9.21 Å². The number of aryl methyl sites for hydroxylation is 1. The molecule has 2 heterocycles. The van der Waals surface area contributed by atoms with Gasteiger partial charge in [0.15, 0.2) is 0 Å². The van der Waals surface area contributed by atoms with Crippen LogP contribution in [0.3, 0.4) is 0 Å². The molecular weight excluding hydrogens is 388 g/mol. The molecule has 2 aromatic carbocycles. The van der Waals surface area contributed by atoms with E-state index in [0.29, 0.717) is 35.8 Å². The fraction of sp³-hybridized carbons (Fsp3) is 0.304. The smallest absolute Gasteiger partial charge is 0.336 e. The first kappa shape index (κ1) is 19.7. The number of halogens is 1. The molecule has 0 radical (unpaired) electrons. The van der Waals surface area contributed by atoms with Crippen LogP contribution in [0.2, 0.25) is 5.02 Å². The van der Waals surface area contributed by atoms with Crippen molar-refractivity contribution in [3.05, 3.63) is 80.7 Å². The summed E-state index contributed by atoms with van der Waals surface area (Å²) in [4.78, 5) is 28.8. The molecule has 0 bridgehead atoms. The molecule has 29 heavy (non-hydrogen) atoms. The first-order chi connectivity index (χ1) is 14.0. The van der Waals surface area contributed by atoms with Crippen LogP contribution in [-0.2, 0) is 13.0 Å². The van der Waals surface area contributed by atoms with Crippen molar-refractivity contribution >= 4 is 28.5 Å². The molecule has 4 rings (SSSR count). The van der Waals surface area contributed by atoms with Crippen LogP contribution >= 0.6 is 11.6 Å². The molecule has 150 valence electrons. The van der Waals surface area contributed by atoms with Crippen molar-refractivity contribution in [2.24, 2.45) is 0 Å². The molecule has 0 unspecified atom stereocenters. The van der Waals surface area contributed by atoms with Crippen LogP contribution in [0, 0.1) is 0 Å². The SMILES string of the molecule is CCc1ccc2c(CN3CCN(C(=O)c4ccc(Cl)cc4)CC3)cc(=O)oc2c1. The Morgan fingerprint density at radius 2 is 1.76 bits per heavy atom. The third kappa shape index (κ3) is 4.36. The molecule has 1 saturated heterocycles. The third-order valence-electron chi connectivity index (χ3n) is 5.45. The number of rotatable bonds is 4. The van der Waals surface area contributed by atoms with Gasteiger partial charge < -0.3 is 9.32 Å². The van der Waals surface area contributed by atoms with Crippen molar-refractivity contribution in [2.45, 2.75) is 19.9 Å². The monoisotopic (exact) mass is 410 g/mol. The maximum Gasteiger partial charge on any atom is 0.336 e. The van der Waals surface area contributed by atoms with E-state index in [-0.39, 0.29) is 11.5 Å². The van der Waals surface area contributed by atoms with Crippen LogP contribution in [0.5, 0.6) is 0 Å². The van der Waals surface area contributed by atoms with Crippen LogP contribution in [0.4, 0.5) is 0 Å². The number of amides is 1. The first-order valence-corrected chi connectivity index (χ1v) is 10.2. The Balaban J connectivity index is 1.45. The van der Waals surface area contributed by atoms with Gasteiger partial charge in [0, 0.05) is 54.8 Å². The predicted molar refractivity (Wildman–Crippen MR) is 114 cm³/mol. The van der Waals surface area contributed by atoms with Crippen LogP contribution in [0.1, 0.15) is 28.4 Å². The molecule has 0 spiro atoms. The minimum Gasteiger partial charge on any atom is -0.423 e. The highest BCUT2D eigenvalue weighted by Gasteiger charge is 2.22. The molecule has 1 aliphatic rings. The van der Waals surface area contributed by atoms with E-state index in [4.69, 9.17) is 16.0 Å². The summed E-state index contributed by atoms with van der Waals surface area (Å²) in [6.07, 6.45) is 0.896.